The molecular weight excluding hydrogens is 426 g/mol. The van der Waals surface area contributed by atoms with Crippen molar-refractivity contribution in [2.24, 2.45) is 0 Å². The molecule has 2 aromatic carbocycles. The van der Waals surface area contributed by atoms with Crippen LogP contribution in [0.25, 0.3) is 0 Å². The fourth-order valence-corrected chi connectivity index (χ4v) is 5.90. The van der Waals surface area contributed by atoms with Crippen LogP contribution < -0.4 is 9.04 Å². The zero-order valence-corrected chi connectivity index (χ0v) is 19.8. The van der Waals surface area contributed by atoms with E-state index in [0.29, 0.717) is 36.1 Å². The molecule has 1 amide bonds. The summed E-state index contributed by atoms with van der Waals surface area (Å²) in [5, 5.41) is 0. The van der Waals surface area contributed by atoms with E-state index in [2.05, 4.69) is 4.90 Å². The summed E-state index contributed by atoms with van der Waals surface area (Å²) < 4.78 is 33.3. The highest BCUT2D eigenvalue weighted by Gasteiger charge is 2.33. The molecule has 2 aliphatic rings. The molecule has 2 saturated heterocycles. The maximum Gasteiger partial charge on any atom is 0.264 e. The van der Waals surface area contributed by atoms with Gasteiger partial charge < -0.3 is 9.64 Å². The summed E-state index contributed by atoms with van der Waals surface area (Å²) in [6.45, 7) is 5.47. The lowest BCUT2D eigenvalue weighted by molar-refractivity contribution is 0.0779. The standard InChI is InChI=1S/C24H31N3O4S/c1-18-10-11-20(32(29,30)25(2)22-8-4-5-9-23(22)31-3)16-21(18)24(28)27-15-12-19(17-27)26-13-6-7-14-26/h4-5,8-11,16,19H,6-7,12-15,17H2,1-3H3/t19-/m1/s1. The molecule has 1 atom stereocenters. The number of methoxy groups -OCH3 is 1. The van der Waals surface area contributed by atoms with Crippen LogP contribution in [0.1, 0.15) is 35.2 Å². The van der Waals surface area contributed by atoms with Crippen LogP contribution in [0.4, 0.5) is 5.69 Å². The first kappa shape index (κ1) is 22.6. The number of ether oxygens (including phenoxy) is 1. The molecular formula is C24H31N3O4S. The topological polar surface area (TPSA) is 70.2 Å². The van der Waals surface area contributed by atoms with Crippen molar-refractivity contribution in [3.8, 4) is 5.75 Å². The molecule has 0 N–H and O–H groups in total. The minimum atomic E-state index is -3.87. The van der Waals surface area contributed by atoms with Gasteiger partial charge in [0.2, 0.25) is 0 Å². The molecule has 7 nitrogen and oxygen atoms in total. The van der Waals surface area contributed by atoms with E-state index in [0.717, 1.165) is 25.1 Å². The quantitative estimate of drug-likeness (QED) is 0.667. The Kier molecular flexibility index (Phi) is 6.44. The van der Waals surface area contributed by atoms with E-state index in [1.54, 1.807) is 36.4 Å². The second-order valence-corrected chi connectivity index (χ2v) is 10.5. The summed E-state index contributed by atoms with van der Waals surface area (Å²) in [6.07, 6.45) is 3.42. The van der Waals surface area contributed by atoms with E-state index >= 15 is 0 Å². The predicted octanol–water partition coefficient (Wildman–Crippen LogP) is 3.14. The Bertz CT molecular complexity index is 1100. The van der Waals surface area contributed by atoms with E-state index in [4.69, 9.17) is 4.74 Å². The molecule has 2 heterocycles. The van der Waals surface area contributed by atoms with Crippen LogP contribution in [0.2, 0.25) is 0 Å². The lowest BCUT2D eigenvalue weighted by Crippen LogP contribution is -2.37. The largest absolute Gasteiger partial charge is 0.495 e. The van der Waals surface area contributed by atoms with Crippen molar-refractivity contribution in [3.63, 3.8) is 0 Å². The van der Waals surface area contributed by atoms with Gasteiger partial charge in [0.25, 0.3) is 15.9 Å². The van der Waals surface area contributed by atoms with Crippen LogP contribution >= 0.6 is 0 Å². The average molecular weight is 458 g/mol. The molecule has 0 aliphatic carbocycles. The number of anilines is 1. The third-order valence-corrected chi connectivity index (χ3v) is 8.40. The molecule has 0 aromatic heterocycles. The van der Waals surface area contributed by atoms with Gasteiger partial charge in [0.15, 0.2) is 0 Å². The third-order valence-electron chi connectivity index (χ3n) is 6.63. The van der Waals surface area contributed by atoms with Crippen molar-refractivity contribution in [2.45, 2.75) is 37.1 Å². The first-order valence-electron chi connectivity index (χ1n) is 11.1. The highest BCUT2D eigenvalue weighted by Crippen LogP contribution is 2.32. The number of sulfonamides is 1. The first-order valence-corrected chi connectivity index (χ1v) is 12.5. The zero-order valence-electron chi connectivity index (χ0n) is 19.0. The summed E-state index contributed by atoms with van der Waals surface area (Å²) in [6, 6.07) is 12.2. The highest BCUT2D eigenvalue weighted by molar-refractivity contribution is 7.92. The molecule has 32 heavy (non-hydrogen) atoms. The molecule has 172 valence electrons. The van der Waals surface area contributed by atoms with Crippen molar-refractivity contribution >= 4 is 21.6 Å². The van der Waals surface area contributed by atoms with E-state index in [1.807, 2.05) is 11.8 Å². The molecule has 2 fully saturated rings. The van der Waals surface area contributed by atoms with Crippen molar-refractivity contribution in [2.75, 3.05) is 44.6 Å². The van der Waals surface area contributed by atoms with E-state index < -0.39 is 10.0 Å². The smallest absolute Gasteiger partial charge is 0.264 e. The molecule has 0 spiro atoms. The van der Waals surface area contributed by atoms with E-state index in [1.165, 1.54) is 37.4 Å². The number of benzene rings is 2. The van der Waals surface area contributed by atoms with Crippen LogP contribution in [0.15, 0.2) is 47.4 Å². The molecule has 8 heteroatoms. The highest BCUT2D eigenvalue weighted by atomic mass is 32.2. The average Bonchev–Trinajstić information content (AvgIpc) is 3.50. The van der Waals surface area contributed by atoms with Crippen molar-refractivity contribution in [1.29, 1.82) is 0 Å². The van der Waals surface area contributed by atoms with Gasteiger partial charge in [0.05, 0.1) is 17.7 Å². The van der Waals surface area contributed by atoms with E-state index in [9.17, 15) is 13.2 Å². The minimum Gasteiger partial charge on any atom is -0.495 e. The molecule has 0 saturated carbocycles. The second-order valence-electron chi connectivity index (χ2n) is 8.56. The van der Waals surface area contributed by atoms with Gasteiger partial charge in [-0.3, -0.25) is 14.0 Å². The number of hydrogen-bond acceptors (Lipinski definition) is 5. The molecule has 2 aromatic rings. The van der Waals surface area contributed by atoms with Crippen LogP contribution in [0.5, 0.6) is 5.75 Å². The van der Waals surface area contributed by atoms with Crippen LogP contribution in [-0.4, -0.2) is 70.5 Å². The summed E-state index contributed by atoms with van der Waals surface area (Å²) in [5.41, 5.74) is 1.66. The fraction of sp³-hybridized carbons (Fsp3) is 0.458. The van der Waals surface area contributed by atoms with Crippen LogP contribution in [0.3, 0.4) is 0 Å². The number of para-hydroxylation sites is 2. The Hall–Kier alpha value is -2.58. The molecule has 0 unspecified atom stereocenters. The monoisotopic (exact) mass is 457 g/mol. The van der Waals surface area contributed by atoms with Gasteiger partial charge in [-0.15, -0.1) is 0 Å². The SMILES string of the molecule is COc1ccccc1N(C)S(=O)(=O)c1ccc(C)c(C(=O)N2CC[C@@H](N3CCCC3)C2)c1. The van der Waals surface area contributed by atoms with Gasteiger partial charge in [-0.25, -0.2) is 8.42 Å². The van der Waals surface area contributed by atoms with Crippen molar-refractivity contribution in [3.05, 3.63) is 53.6 Å². The maximum absolute atomic E-state index is 13.4. The summed E-state index contributed by atoms with van der Waals surface area (Å²) in [7, 11) is -0.867. The lowest BCUT2D eigenvalue weighted by atomic mass is 10.1. The summed E-state index contributed by atoms with van der Waals surface area (Å²) >= 11 is 0. The van der Waals surface area contributed by atoms with Crippen molar-refractivity contribution < 1.29 is 17.9 Å². The zero-order chi connectivity index (χ0) is 22.9. The van der Waals surface area contributed by atoms with Crippen molar-refractivity contribution in [1.82, 2.24) is 9.80 Å². The number of amides is 1. The molecule has 0 radical (unpaired) electrons. The summed E-state index contributed by atoms with van der Waals surface area (Å²) in [5.74, 6) is 0.369. The second kappa shape index (κ2) is 9.11. The Balaban J connectivity index is 1.59. The van der Waals surface area contributed by atoms with Gasteiger partial charge in [0.1, 0.15) is 5.75 Å². The minimum absolute atomic E-state index is 0.0927. The number of likely N-dealkylation sites (tertiary alicyclic amines) is 2. The molecule has 4 rings (SSSR count). The number of rotatable bonds is 6. The third kappa shape index (κ3) is 4.21. The van der Waals surface area contributed by atoms with Gasteiger partial charge >= 0.3 is 0 Å². The van der Waals surface area contributed by atoms with Gasteiger partial charge in [0, 0.05) is 31.7 Å². The van der Waals surface area contributed by atoms with Crippen LogP contribution in [-0.2, 0) is 10.0 Å². The molecule has 2 aliphatic heterocycles. The number of hydrogen-bond donors (Lipinski definition) is 0. The number of nitrogens with zero attached hydrogens (tertiary/aromatic N) is 3. The lowest BCUT2D eigenvalue weighted by Gasteiger charge is -2.24. The number of carbonyl (C=O) groups is 1. The first-order chi connectivity index (χ1) is 15.3. The van der Waals surface area contributed by atoms with Crippen LogP contribution in [0, 0.1) is 6.92 Å². The number of carbonyl (C=O) groups excluding carboxylic acids is 1. The van der Waals surface area contributed by atoms with Gasteiger partial charge in [-0.05, 0) is 69.1 Å². The number of aryl methyl sites for hydroxylation is 1. The molecule has 0 bridgehead atoms. The Morgan fingerprint density at radius 3 is 2.53 bits per heavy atom. The van der Waals surface area contributed by atoms with Gasteiger partial charge in [-0.1, -0.05) is 18.2 Å². The predicted molar refractivity (Wildman–Crippen MR) is 125 cm³/mol. The Labute approximate surface area is 190 Å². The van der Waals surface area contributed by atoms with E-state index in [-0.39, 0.29) is 10.8 Å². The normalized spacial score (nSPS) is 19.3. The Morgan fingerprint density at radius 2 is 1.81 bits per heavy atom. The fourth-order valence-electron chi connectivity index (χ4n) is 4.67. The summed E-state index contributed by atoms with van der Waals surface area (Å²) in [4.78, 5) is 17.8. The maximum atomic E-state index is 13.4. The van der Waals surface area contributed by atoms with Gasteiger partial charge in [-0.2, -0.15) is 0 Å². The Morgan fingerprint density at radius 1 is 1.09 bits per heavy atom.